The number of hydrogen-bond acceptors (Lipinski definition) is 4. The Hall–Kier alpha value is -2.37. The number of anilines is 1. The van der Waals surface area contributed by atoms with E-state index in [4.69, 9.17) is 0 Å². The number of aliphatic carboxylic acids is 1. The molecule has 0 spiro atoms. The molecule has 1 aliphatic heterocycles. The molecule has 6 nitrogen and oxygen atoms in total. The van der Waals surface area contributed by atoms with E-state index >= 15 is 0 Å². The number of hydrogen-bond donors (Lipinski definition) is 1. The van der Waals surface area contributed by atoms with Crippen LogP contribution in [0.2, 0.25) is 0 Å². The van der Waals surface area contributed by atoms with E-state index < -0.39 is 5.97 Å². The molecule has 0 atom stereocenters. The zero-order valence-corrected chi connectivity index (χ0v) is 12.3. The number of para-hydroxylation sites is 1. The highest BCUT2D eigenvalue weighted by Gasteiger charge is 2.22. The molecule has 1 aromatic rings. The summed E-state index contributed by atoms with van der Waals surface area (Å²) in [6.45, 7) is 1.49. The lowest BCUT2D eigenvalue weighted by Crippen LogP contribution is -2.28. The van der Waals surface area contributed by atoms with Gasteiger partial charge in [0.2, 0.25) is 5.91 Å². The third kappa shape index (κ3) is 4.31. The van der Waals surface area contributed by atoms with E-state index in [2.05, 4.69) is 5.32 Å². The fourth-order valence-electron chi connectivity index (χ4n) is 2.48. The number of rotatable bonds is 6. The molecule has 1 aliphatic rings. The molecule has 0 aromatic heterocycles. The van der Waals surface area contributed by atoms with Gasteiger partial charge in [-0.05, 0) is 37.8 Å². The van der Waals surface area contributed by atoms with Gasteiger partial charge in [0.1, 0.15) is 0 Å². The standard InChI is InChI=1S/C16H20N2O4/c19-14(8-5-9-15(20)21)17-13-7-2-1-6-12(13)16(22)18-10-3-4-11-18/h1-2,6-7H,3-5,8-11H2,(H,17,19)(H,20,21)/p-1. The number of likely N-dealkylation sites (tertiary alicyclic amines) is 1. The third-order valence-electron chi connectivity index (χ3n) is 3.61. The summed E-state index contributed by atoms with van der Waals surface area (Å²) >= 11 is 0. The van der Waals surface area contributed by atoms with Crippen LogP contribution in [0.1, 0.15) is 42.5 Å². The molecule has 2 rings (SSSR count). The Morgan fingerprint density at radius 2 is 1.77 bits per heavy atom. The molecule has 0 radical (unpaired) electrons. The number of carboxylic acids is 1. The van der Waals surface area contributed by atoms with Gasteiger partial charge in [0, 0.05) is 25.5 Å². The SMILES string of the molecule is O=C([O-])CCCC(=O)Nc1ccccc1C(=O)N1CCCC1. The van der Waals surface area contributed by atoms with Gasteiger partial charge in [-0.2, -0.15) is 0 Å². The molecule has 2 amide bonds. The van der Waals surface area contributed by atoms with Gasteiger partial charge in [-0.15, -0.1) is 0 Å². The Balaban J connectivity index is 2.00. The quantitative estimate of drug-likeness (QED) is 0.841. The van der Waals surface area contributed by atoms with Crippen LogP contribution in [0.25, 0.3) is 0 Å². The van der Waals surface area contributed by atoms with Crippen molar-refractivity contribution in [1.29, 1.82) is 0 Å². The summed E-state index contributed by atoms with van der Waals surface area (Å²) in [5, 5.41) is 13.0. The first-order valence-electron chi connectivity index (χ1n) is 7.46. The largest absolute Gasteiger partial charge is 0.550 e. The molecule has 1 heterocycles. The van der Waals surface area contributed by atoms with Gasteiger partial charge in [0.15, 0.2) is 0 Å². The molecule has 1 fully saturated rings. The number of benzene rings is 1. The van der Waals surface area contributed by atoms with Crippen LogP contribution in [0.5, 0.6) is 0 Å². The van der Waals surface area contributed by atoms with Gasteiger partial charge in [-0.3, -0.25) is 9.59 Å². The summed E-state index contributed by atoms with van der Waals surface area (Å²) < 4.78 is 0. The Morgan fingerprint density at radius 1 is 1.09 bits per heavy atom. The molecule has 1 N–H and O–H groups in total. The molecule has 0 saturated carbocycles. The summed E-state index contributed by atoms with van der Waals surface area (Å²) in [5.74, 6) is -1.55. The number of nitrogens with one attached hydrogen (secondary N) is 1. The minimum Gasteiger partial charge on any atom is -0.550 e. The van der Waals surface area contributed by atoms with Crippen LogP contribution in [0.4, 0.5) is 5.69 Å². The predicted molar refractivity (Wildman–Crippen MR) is 79.1 cm³/mol. The molecule has 0 bridgehead atoms. The van der Waals surface area contributed by atoms with E-state index in [1.54, 1.807) is 29.2 Å². The molecular weight excluding hydrogens is 284 g/mol. The molecule has 118 valence electrons. The van der Waals surface area contributed by atoms with Crippen molar-refractivity contribution in [3.63, 3.8) is 0 Å². The number of amides is 2. The van der Waals surface area contributed by atoms with Crippen molar-refractivity contribution >= 4 is 23.5 Å². The van der Waals surface area contributed by atoms with Crippen molar-refractivity contribution in [1.82, 2.24) is 4.90 Å². The zero-order valence-electron chi connectivity index (χ0n) is 12.3. The second kappa shape index (κ2) is 7.59. The van der Waals surface area contributed by atoms with Gasteiger partial charge in [0.25, 0.3) is 5.91 Å². The van der Waals surface area contributed by atoms with Crippen LogP contribution < -0.4 is 10.4 Å². The lowest BCUT2D eigenvalue weighted by Gasteiger charge is -2.18. The first-order valence-corrected chi connectivity index (χ1v) is 7.46. The highest BCUT2D eigenvalue weighted by molar-refractivity contribution is 6.03. The van der Waals surface area contributed by atoms with Crippen molar-refractivity contribution in [2.24, 2.45) is 0 Å². The van der Waals surface area contributed by atoms with Gasteiger partial charge in [-0.1, -0.05) is 12.1 Å². The van der Waals surface area contributed by atoms with E-state index in [1.165, 1.54) is 0 Å². The molecule has 0 aliphatic carbocycles. The maximum atomic E-state index is 12.4. The lowest BCUT2D eigenvalue weighted by molar-refractivity contribution is -0.305. The smallest absolute Gasteiger partial charge is 0.255 e. The van der Waals surface area contributed by atoms with Gasteiger partial charge in [-0.25, -0.2) is 0 Å². The first kappa shape index (κ1) is 16.0. The summed E-state index contributed by atoms with van der Waals surface area (Å²) in [7, 11) is 0. The van der Waals surface area contributed by atoms with Crippen molar-refractivity contribution in [2.45, 2.75) is 32.1 Å². The van der Waals surface area contributed by atoms with Crippen LogP contribution in [-0.4, -0.2) is 35.8 Å². The predicted octanol–water partition coefficient (Wildman–Crippen LogP) is 0.781. The summed E-state index contributed by atoms with van der Waals surface area (Å²) in [6.07, 6.45) is 2.16. The molecular formula is C16H19N2O4-. The van der Waals surface area contributed by atoms with E-state index in [0.29, 0.717) is 11.3 Å². The number of carbonyl (C=O) groups excluding carboxylic acids is 3. The van der Waals surface area contributed by atoms with Crippen LogP contribution in [-0.2, 0) is 9.59 Å². The first-order chi connectivity index (χ1) is 10.6. The zero-order chi connectivity index (χ0) is 15.9. The molecule has 0 unspecified atom stereocenters. The highest BCUT2D eigenvalue weighted by Crippen LogP contribution is 2.20. The van der Waals surface area contributed by atoms with E-state index in [-0.39, 0.29) is 31.1 Å². The summed E-state index contributed by atoms with van der Waals surface area (Å²) in [5.41, 5.74) is 0.940. The number of nitrogens with zero attached hydrogens (tertiary/aromatic N) is 1. The van der Waals surface area contributed by atoms with Crippen LogP contribution >= 0.6 is 0 Å². The Morgan fingerprint density at radius 3 is 2.45 bits per heavy atom. The molecule has 22 heavy (non-hydrogen) atoms. The van der Waals surface area contributed by atoms with Crippen LogP contribution in [0.3, 0.4) is 0 Å². The lowest BCUT2D eigenvalue weighted by atomic mass is 10.1. The normalized spacial score (nSPS) is 13.9. The summed E-state index contributed by atoms with van der Waals surface area (Å²) in [6, 6.07) is 6.88. The fourth-order valence-corrected chi connectivity index (χ4v) is 2.48. The van der Waals surface area contributed by atoms with E-state index in [9.17, 15) is 19.5 Å². The summed E-state index contributed by atoms with van der Waals surface area (Å²) in [4.78, 5) is 36.4. The maximum absolute atomic E-state index is 12.4. The second-order valence-electron chi connectivity index (χ2n) is 5.32. The van der Waals surface area contributed by atoms with Crippen molar-refractivity contribution in [3.05, 3.63) is 29.8 Å². The minimum atomic E-state index is -1.17. The van der Waals surface area contributed by atoms with Crippen LogP contribution in [0.15, 0.2) is 24.3 Å². The van der Waals surface area contributed by atoms with Gasteiger partial charge < -0.3 is 20.1 Å². The van der Waals surface area contributed by atoms with Crippen molar-refractivity contribution < 1.29 is 19.5 Å². The van der Waals surface area contributed by atoms with E-state index in [1.807, 2.05) is 0 Å². The van der Waals surface area contributed by atoms with Crippen molar-refractivity contribution in [3.8, 4) is 0 Å². The Kier molecular flexibility index (Phi) is 5.52. The van der Waals surface area contributed by atoms with Gasteiger partial charge >= 0.3 is 0 Å². The molecule has 1 aromatic carbocycles. The maximum Gasteiger partial charge on any atom is 0.255 e. The minimum absolute atomic E-state index is 0.0804. The van der Waals surface area contributed by atoms with Crippen LogP contribution in [0, 0.1) is 0 Å². The van der Waals surface area contributed by atoms with Gasteiger partial charge in [0.05, 0.1) is 11.3 Å². The average Bonchev–Trinajstić information content (AvgIpc) is 3.01. The van der Waals surface area contributed by atoms with Crippen molar-refractivity contribution in [2.75, 3.05) is 18.4 Å². The topological polar surface area (TPSA) is 89.5 Å². The molecule has 1 saturated heterocycles. The monoisotopic (exact) mass is 303 g/mol. The third-order valence-corrected chi connectivity index (χ3v) is 3.61. The highest BCUT2D eigenvalue weighted by atomic mass is 16.4. The number of carbonyl (C=O) groups is 3. The average molecular weight is 303 g/mol. The fraction of sp³-hybridized carbons (Fsp3) is 0.438. The second-order valence-corrected chi connectivity index (χ2v) is 5.32. The number of carboxylic acid groups (broad SMARTS) is 1. The van der Waals surface area contributed by atoms with E-state index in [0.717, 1.165) is 25.9 Å². The molecule has 6 heteroatoms. The Labute approximate surface area is 129 Å². The Bertz CT molecular complexity index is 565.